The Balaban J connectivity index is 1.45. The first-order valence-corrected chi connectivity index (χ1v) is 11.0. The van der Waals surface area contributed by atoms with Crippen molar-refractivity contribution in [2.24, 2.45) is 11.8 Å². The smallest absolute Gasteiger partial charge is 0.220 e. The lowest BCUT2D eigenvalue weighted by atomic mass is 9.78. The zero-order valence-electron chi connectivity index (χ0n) is 17.6. The first-order chi connectivity index (χ1) is 14.1. The summed E-state index contributed by atoms with van der Waals surface area (Å²) in [5.41, 5.74) is 3.79. The number of nitrogens with zero attached hydrogens (tertiary/aromatic N) is 1. The molecule has 0 saturated heterocycles. The largest absolute Gasteiger partial charge is 0.353 e. The third-order valence-electron chi connectivity index (χ3n) is 6.74. The molecule has 0 bridgehead atoms. The van der Waals surface area contributed by atoms with Gasteiger partial charge in [0.15, 0.2) is 0 Å². The number of fused-ring (bicyclic) bond motifs is 1. The van der Waals surface area contributed by atoms with Gasteiger partial charge in [0.2, 0.25) is 5.91 Å². The maximum absolute atomic E-state index is 12.7. The van der Waals surface area contributed by atoms with Gasteiger partial charge in [-0.2, -0.15) is 0 Å². The van der Waals surface area contributed by atoms with Crippen LogP contribution in [0.25, 0.3) is 10.9 Å². The summed E-state index contributed by atoms with van der Waals surface area (Å²) >= 11 is 0. The second-order valence-electron chi connectivity index (χ2n) is 8.73. The number of carbonyl (C=O) groups is 1. The monoisotopic (exact) mass is 388 g/mol. The standard InChI is InChI=1S/C26H32N2O/c1-19-9-8-13-24(20(19)2)27-26(29)16-15-22-18-28(17-21-10-4-3-5-11-21)25-14-7-6-12-23(22)25/h3-7,10-12,14,18-20,24H,8-9,13,15-17H2,1-2H3,(H,27,29)/t19-,20-,24-/m1/s1. The topological polar surface area (TPSA) is 34.0 Å². The number of benzene rings is 2. The van der Waals surface area contributed by atoms with Crippen molar-refractivity contribution < 1.29 is 4.79 Å². The van der Waals surface area contributed by atoms with Crippen molar-refractivity contribution in [1.29, 1.82) is 0 Å². The lowest BCUT2D eigenvalue weighted by Crippen LogP contribution is -2.43. The molecule has 4 rings (SSSR count). The number of amides is 1. The fraction of sp³-hybridized carbons (Fsp3) is 0.423. The number of nitrogens with one attached hydrogen (secondary N) is 1. The molecule has 1 heterocycles. The van der Waals surface area contributed by atoms with E-state index in [-0.39, 0.29) is 5.91 Å². The van der Waals surface area contributed by atoms with Crippen LogP contribution in [0.3, 0.4) is 0 Å². The molecule has 1 N–H and O–H groups in total. The summed E-state index contributed by atoms with van der Waals surface area (Å²) in [5.74, 6) is 1.46. The Labute approximate surface area is 174 Å². The number of rotatable bonds is 6. The van der Waals surface area contributed by atoms with E-state index < -0.39 is 0 Å². The summed E-state index contributed by atoms with van der Waals surface area (Å²) in [7, 11) is 0. The summed E-state index contributed by atoms with van der Waals surface area (Å²) in [6, 6.07) is 19.4. The van der Waals surface area contributed by atoms with Gasteiger partial charge in [-0.15, -0.1) is 0 Å². The van der Waals surface area contributed by atoms with Gasteiger partial charge in [0, 0.05) is 36.1 Å². The van der Waals surface area contributed by atoms with Crippen LogP contribution in [-0.2, 0) is 17.8 Å². The molecule has 1 saturated carbocycles. The summed E-state index contributed by atoms with van der Waals surface area (Å²) in [4.78, 5) is 12.7. The molecule has 0 aliphatic heterocycles. The molecule has 0 radical (unpaired) electrons. The lowest BCUT2D eigenvalue weighted by Gasteiger charge is -2.34. The Bertz CT molecular complexity index is 959. The summed E-state index contributed by atoms with van der Waals surface area (Å²) in [5, 5.41) is 4.58. The minimum atomic E-state index is 0.191. The van der Waals surface area contributed by atoms with E-state index in [9.17, 15) is 4.79 Å². The predicted molar refractivity (Wildman–Crippen MR) is 120 cm³/mol. The van der Waals surface area contributed by atoms with Crippen molar-refractivity contribution in [2.45, 2.75) is 58.5 Å². The molecule has 1 aliphatic rings. The van der Waals surface area contributed by atoms with Crippen LogP contribution in [0.4, 0.5) is 0 Å². The van der Waals surface area contributed by atoms with Gasteiger partial charge in [-0.1, -0.05) is 75.2 Å². The number of hydrogen-bond donors (Lipinski definition) is 1. The van der Waals surface area contributed by atoms with Crippen LogP contribution in [0.5, 0.6) is 0 Å². The summed E-state index contributed by atoms with van der Waals surface area (Å²) in [6.45, 7) is 5.45. The minimum Gasteiger partial charge on any atom is -0.353 e. The Hall–Kier alpha value is -2.55. The predicted octanol–water partition coefficient (Wildman–Crippen LogP) is 5.56. The molecule has 0 unspecified atom stereocenters. The Morgan fingerprint density at radius 1 is 1.03 bits per heavy atom. The molecule has 3 aromatic rings. The number of carbonyl (C=O) groups excluding carboxylic acids is 1. The molecule has 1 amide bonds. The number of aromatic nitrogens is 1. The summed E-state index contributed by atoms with van der Waals surface area (Å²) < 4.78 is 2.31. The zero-order valence-corrected chi connectivity index (χ0v) is 17.6. The van der Waals surface area contributed by atoms with E-state index in [1.165, 1.54) is 34.9 Å². The van der Waals surface area contributed by atoms with Crippen LogP contribution in [0, 0.1) is 11.8 Å². The molecule has 1 aromatic heterocycles. The Morgan fingerprint density at radius 2 is 1.79 bits per heavy atom. The molecule has 152 valence electrons. The Kier molecular flexibility index (Phi) is 6.03. The third kappa shape index (κ3) is 4.55. The second kappa shape index (κ2) is 8.86. The first-order valence-electron chi connectivity index (χ1n) is 11.0. The second-order valence-corrected chi connectivity index (χ2v) is 8.73. The molecule has 3 heteroatoms. The fourth-order valence-corrected chi connectivity index (χ4v) is 4.75. The third-order valence-corrected chi connectivity index (χ3v) is 6.74. The molecule has 29 heavy (non-hydrogen) atoms. The Morgan fingerprint density at radius 3 is 2.62 bits per heavy atom. The van der Waals surface area contributed by atoms with E-state index in [1.54, 1.807) is 0 Å². The maximum Gasteiger partial charge on any atom is 0.220 e. The van der Waals surface area contributed by atoms with Crippen molar-refractivity contribution in [1.82, 2.24) is 9.88 Å². The number of aryl methyl sites for hydroxylation is 1. The molecular formula is C26H32N2O. The number of para-hydroxylation sites is 1. The highest BCUT2D eigenvalue weighted by Gasteiger charge is 2.28. The van der Waals surface area contributed by atoms with E-state index in [4.69, 9.17) is 0 Å². The van der Waals surface area contributed by atoms with Gasteiger partial charge in [-0.05, 0) is 41.9 Å². The first kappa shape index (κ1) is 19.8. The van der Waals surface area contributed by atoms with Crippen molar-refractivity contribution in [2.75, 3.05) is 0 Å². The molecule has 1 aliphatic carbocycles. The van der Waals surface area contributed by atoms with E-state index in [0.717, 1.165) is 19.4 Å². The van der Waals surface area contributed by atoms with Crippen LogP contribution < -0.4 is 5.32 Å². The molecule has 1 fully saturated rings. The van der Waals surface area contributed by atoms with Crippen LogP contribution in [0.2, 0.25) is 0 Å². The fourth-order valence-electron chi connectivity index (χ4n) is 4.75. The highest BCUT2D eigenvalue weighted by Crippen LogP contribution is 2.29. The van der Waals surface area contributed by atoms with Gasteiger partial charge in [0.25, 0.3) is 0 Å². The van der Waals surface area contributed by atoms with E-state index in [0.29, 0.717) is 24.3 Å². The van der Waals surface area contributed by atoms with Crippen LogP contribution >= 0.6 is 0 Å². The van der Waals surface area contributed by atoms with Crippen molar-refractivity contribution >= 4 is 16.8 Å². The molecule has 2 aromatic carbocycles. The maximum atomic E-state index is 12.7. The molecule has 3 nitrogen and oxygen atoms in total. The van der Waals surface area contributed by atoms with Gasteiger partial charge in [0.05, 0.1) is 0 Å². The van der Waals surface area contributed by atoms with Crippen molar-refractivity contribution in [3.05, 3.63) is 71.9 Å². The van der Waals surface area contributed by atoms with Gasteiger partial charge in [0.1, 0.15) is 0 Å². The normalized spacial score (nSPS) is 21.9. The van der Waals surface area contributed by atoms with Crippen molar-refractivity contribution in [3.63, 3.8) is 0 Å². The van der Waals surface area contributed by atoms with Crippen molar-refractivity contribution in [3.8, 4) is 0 Å². The highest BCUT2D eigenvalue weighted by atomic mass is 16.1. The average molecular weight is 389 g/mol. The van der Waals surface area contributed by atoms with E-state index >= 15 is 0 Å². The quantitative estimate of drug-likeness (QED) is 0.589. The highest BCUT2D eigenvalue weighted by molar-refractivity contribution is 5.85. The summed E-state index contributed by atoms with van der Waals surface area (Å²) in [6.07, 6.45) is 7.20. The van der Waals surface area contributed by atoms with Gasteiger partial charge >= 0.3 is 0 Å². The minimum absolute atomic E-state index is 0.191. The van der Waals surface area contributed by atoms with Crippen LogP contribution in [0.15, 0.2) is 60.8 Å². The SMILES string of the molecule is C[C@@H]1[C@H](C)CCC[C@H]1NC(=O)CCc1cn(Cc2ccccc2)c2ccccc12. The average Bonchev–Trinajstić information content (AvgIpc) is 3.08. The molecule has 0 spiro atoms. The van der Waals surface area contributed by atoms with Crippen LogP contribution in [0.1, 0.15) is 50.7 Å². The zero-order chi connectivity index (χ0) is 20.2. The van der Waals surface area contributed by atoms with E-state index in [1.807, 2.05) is 0 Å². The van der Waals surface area contributed by atoms with Crippen LogP contribution in [-0.4, -0.2) is 16.5 Å². The van der Waals surface area contributed by atoms with E-state index in [2.05, 4.69) is 84.5 Å². The molecule has 3 atom stereocenters. The van der Waals surface area contributed by atoms with Gasteiger partial charge in [-0.25, -0.2) is 0 Å². The van der Waals surface area contributed by atoms with Gasteiger partial charge < -0.3 is 9.88 Å². The lowest BCUT2D eigenvalue weighted by molar-refractivity contribution is -0.122. The molecular weight excluding hydrogens is 356 g/mol. The number of hydrogen-bond acceptors (Lipinski definition) is 1. The van der Waals surface area contributed by atoms with Gasteiger partial charge in [-0.3, -0.25) is 4.79 Å².